The maximum absolute atomic E-state index is 4.99. The third-order valence-corrected chi connectivity index (χ3v) is 8.30. The van der Waals surface area contributed by atoms with Gasteiger partial charge < -0.3 is 10.3 Å². The number of imidazole rings is 1. The molecule has 194 valence electrons. The van der Waals surface area contributed by atoms with E-state index < -0.39 is 0 Å². The van der Waals surface area contributed by atoms with Crippen LogP contribution in [0.3, 0.4) is 0 Å². The molecule has 1 aromatic carbocycles. The molecule has 6 nitrogen and oxygen atoms in total. The highest BCUT2D eigenvalue weighted by Crippen LogP contribution is 2.37. The van der Waals surface area contributed by atoms with Gasteiger partial charge in [-0.15, -0.1) is 11.3 Å². The Balaban J connectivity index is 1.38. The second kappa shape index (κ2) is 10.0. The van der Waals surface area contributed by atoms with Crippen LogP contribution in [-0.4, -0.2) is 25.1 Å². The van der Waals surface area contributed by atoms with E-state index in [0.717, 1.165) is 71.1 Å². The van der Waals surface area contributed by atoms with Crippen molar-refractivity contribution in [1.82, 2.24) is 30.5 Å². The number of thiophene rings is 1. The Bertz CT molecular complexity index is 1820. The van der Waals surface area contributed by atoms with Gasteiger partial charge in [0.2, 0.25) is 0 Å². The average molecular weight is 531 g/mol. The summed E-state index contributed by atoms with van der Waals surface area (Å²) >= 11 is 1.70. The van der Waals surface area contributed by atoms with Gasteiger partial charge in [-0.05, 0) is 85.7 Å². The molecule has 0 bridgehead atoms. The number of pyridine rings is 1. The molecule has 4 heterocycles. The Kier molecular flexibility index (Phi) is 6.37. The molecule has 0 aliphatic heterocycles. The van der Waals surface area contributed by atoms with E-state index in [-0.39, 0.29) is 0 Å². The zero-order valence-electron chi connectivity index (χ0n) is 22.1. The highest BCUT2D eigenvalue weighted by atomic mass is 32.1. The van der Waals surface area contributed by atoms with Gasteiger partial charge in [-0.25, -0.2) is 4.98 Å². The molecule has 4 aromatic heterocycles. The molecule has 1 aliphatic rings. The number of hydrogen-bond acceptors (Lipinski definition) is 5. The van der Waals surface area contributed by atoms with Crippen LogP contribution in [0.15, 0.2) is 92.1 Å². The summed E-state index contributed by atoms with van der Waals surface area (Å²) in [6.07, 6.45) is 12.1. The van der Waals surface area contributed by atoms with Gasteiger partial charge in [-0.3, -0.25) is 10.1 Å². The van der Waals surface area contributed by atoms with Crippen LogP contribution in [0.25, 0.3) is 55.0 Å². The minimum Gasteiger partial charge on any atom is -0.359 e. The van der Waals surface area contributed by atoms with E-state index in [0.29, 0.717) is 11.7 Å². The first-order valence-corrected chi connectivity index (χ1v) is 13.8. The molecule has 3 N–H and O–H groups in total. The summed E-state index contributed by atoms with van der Waals surface area (Å²) in [7, 11) is 0. The van der Waals surface area contributed by atoms with Crippen molar-refractivity contribution in [1.29, 1.82) is 0 Å². The fourth-order valence-corrected chi connectivity index (χ4v) is 5.62. The number of aromatic amines is 2. The summed E-state index contributed by atoms with van der Waals surface area (Å²) in [5, 5.41) is 12.2. The zero-order valence-corrected chi connectivity index (χ0v) is 23.0. The van der Waals surface area contributed by atoms with Crippen molar-refractivity contribution >= 4 is 44.4 Å². The molecule has 39 heavy (non-hydrogen) atoms. The van der Waals surface area contributed by atoms with Crippen molar-refractivity contribution in [2.75, 3.05) is 0 Å². The second-order valence-corrected chi connectivity index (χ2v) is 11.0. The molecule has 0 saturated heterocycles. The van der Waals surface area contributed by atoms with Gasteiger partial charge in [-0.1, -0.05) is 31.9 Å². The summed E-state index contributed by atoms with van der Waals surface area (Å²) in [6.45, 7) is 16.3. The number of rotatable bonds is 9. The molecule has 1 saturated carbocycles. The van der Waals surface area contributed by atoms with Gasteiger partial charge in [0, 0.05) is 38.3 Å². The summed E-state index contributed by atoms with van der Waals surface area (Å²) in [5.74, 6) is 1.27. The highest BCUT2D eigenvalue weighted by molar-refractivity contribution is 7.16. The Morgan fingerprint density at radius 3 is 2.69 bits per heavy atom. The summed E-state index contributed by atoms with van der Waals surface area (Å²) in [5.41, 5.74) is 9.65. The normalized spacial score (nSPS) is 14.2. The quantitative estimate of drug-likeness (QED) is 0.168. The van der Waals surface area contributed by atoms with Crippen LogP contribution in [0.5, 0.6) is 0 Å². The standard InChI is InChI=1S/C32H30N6S/c1-6-20(14-23(7-2)34-19(5)21-8-9-21)22-10-11-26-24(15-22)31(38-37-26)32-35-27-17-33-16-25(30(27)36-32)29-13-12-28(39-29)18(3)4/h6-7,10-17,21,34H,2-3,5,8-9H2,1,4H3,(H,35,36)(H,37,38)/b20-6+,23-14+. The summed E-state index contributed by atoms with van der Waals surface area (Å²) in [6, 6.07) is 10.5. The Labute approximate surface area is 231 Å². The maximum Gasteiger partial charge on any atom is 0.159 e. The molecule has 6 rings (SSSR count). The molecule has 1 fully saturated rings. The molecule has 0 spiro atoms. The van der Waals surface area contributed by atoms with Crippen molar-refractivity contribution in [3.8, 4) is 22.0 Å². The van der Waals surface area contributed by atoms with Crippen molar-refractivity contribution in [3.63, 3.8) is 0 Å². The van der Waals surface area contributed by atoms with E-state index in [1.54, 1.807) is 11.3 Å². The lowest BCUT2D eigenvalue weighted by Gasteiger charge is -2.11. The second-order valence-electron chi connectivity index (χ2n) is 9.92. The number of hydrogen-bond donors (Lipinski definition) is 3. The van der Waals surface area contributed by atoms with Gasteiger partial charge >= 0.3 is 0 Å². The molecule has 5 aromatic rings. The maximum atomic E-state index is 4.99. The number of aromatic nitrogens is 5. The smallest absolute Gasteiger partial charge is 0.159 e. The summed E-state index contributed by atoms with van der Waals surface area (Å²) < 4.78 is 0. The molecule has 0 radical (unpaired) electrons. The topological polar surface area (TPSA) is 82.3 Å². The highest BCUT2D eigenvalue weighted by Gasteiger charge is 2.24. The average Bonchev–Trinajstić information content (AvgIpc) is 3.33. The predicted octanol–water partition coefficient (Wildman–Crippen LogP) is 8.25. The molecule has 0 amide bonds. The number of allylic oxidation sites excluding steroid dienone is 6. The number of H-pyrrole nitrogens is 2. The van der Waals surface area contributed by atoms with Crippen molar-refractivity contribution < 1.29 is 0 Å². The van der Waals surface area contributed by atoms with Crippen LogP contribution < -0.4 is 5.32 Å². The third kappa shape index (κ3) is 4.77. The lowest BCUT2D eigenvalue weighted by molar-refractivity contribution is 0.865. The van der Waals surface area contributed by atoms with Gasteiger partial charge in [0.25, 0.3) is 0 Å². The minimum atomic E-state index is 0.569. The lowest BCUT2D eigenvalue weighted by Crippen LogP contribution is -2.11. The van der Waals surface area contributed by atoms with E-state index in [1.807, 2.05) is 32.3 Å². The van der Waals surface area contributed by atoms with E-state index in [4.69, 9.17) is 4.98 Å². The summed E-state index contributed by atoms with van der Waals surface area (Å²) in [4.78, 5) is 15.2. The van der Waals surface area contributed by atoms with Crippen LogP contribution in [0.1, 0.15) is 37.1 Å². The first-order valence-electron chi connectivity index (χ1n) is 13.0. The van der Waals surface area contributed by atoms with Gasteiger partial charge in [0.15, 0.2) is 5.82 Å². The van der Waals surface area contributed by atoms with E-state index in [2.05, 4.69) is 87.7 Å². The van der Waals surface area contributed by atoms with Crippen LogP contribution in [0.2, 0.25) is 0 Å². The number of nitrogens with zero attached hydrogens (tertiary/aromatic N) is 3. The SMILES string of the molecule is C=C/C(=C\C(=C/C)c1ccc2[nH]nc(-c3nc4c(-c5ccc(C(=C)C)s5)cncc4[nH]3)c2c1)NC(=C)C1CC1. The van der Waals surface area contributed by atoms with E-state index in [1.165, 1.54) is 12.8 Å². The van der Waals surface area contributed by atoms with E-state index >= 15 is 0 Å². The predicted molar refractivity (Wildman–Crippen MR) is 164 cm³/mol. The third-order valence-electron chi connectivity index (χ3n) is 7.02. The first-order chi connectivity index (χ1) is 18.9. The largest absolute Gasteiger partial charge is 0.359 e. The van der Waals surface area contributed by atoms with Gasteiger partial charge in [0.05, 0.1) is 17.2 Å². The molecular weight excluding hydrogens is 500 g/mol. The monoisotopic (exact) mass is 530 g/mol. The van der Waals surface area contributed by atoms with Crippen molar-refractivity contribution in [2.24, 2.45) is 5.92 Å². The number of nitrogens with one attached hydrogen (secondary N) is 3. The molecule has 1 aliphatic carbocycles. The zero-order chi connectivity index (χ0) is 27.1. The van der Waals surface area contributed by atoms with Crippen molar-refractivity contribution in [3.05, 3.63) is 103 Å². The Morgan fingerprint density at radius 2 is 1.97 bits per heavy atom. The lowest BCUT2D eigenvalue weighted by atomic mass is 10.0. The molecule has 0 unspecified atom stereocenters. The van der Waals surface area contributed by atoms with Crippen molar-refractivity contribution in [2.45, 2.75) is 26.7 Å². The Hall–Kier alpha value is -4.49. The van der Waals surface area contributed by atoms with Crippen LogP contribution in [-0.2, 0) is 0 Å². The minimum absolute atomic E-state index is 0.569. The van der Waals surface area contributed by atoms with Gasteiger partial charge in [-0.2, -0.15) is 5.10 Å². The van der Waals surface area contributed by atoms with Gasteiger partial charge in [0.1, 0.15) is 11.2 Å². The molecule has 0 atom stereocenters. The van der Waals surface area contributed by atoms with Crippen LogP contribution >= 0.6 is 11.3 Å². The van der Waals surface area contributed by atoms with Crippen LogP contribution in [0.4, 0.5) is 0 Å². The number of fused-ring (bicyclic) bond motifs is 2. The fourth-order valence-electron chi connectivity index (χ4n) is 4.68. The molecular formula is C32H30N6S. The first kappa shape index (κ1) is 24.8. The fraction of sp³-hybridized carbons (Fsp3) is 0.156. The Morgan fingerprint density at radius 1 is 1.13 bits per heavy atom. The molecule has 7 heteroatoms. The van der Waals surface area contributed by atoms with Crippen LogP contribution in [0, 0.1) is 5.92 Å². The van der Waals surface area contributed by atoms with E-state index in [9.17, 15) is 0 Å². The number of benzene rings is 1.